The van der Waals surface area contributed by atoms with Gasteiger partial charge in [0.1, 0.15) is 0 Å². The van der Waals surface area contributed by atoms with Crippen molar-refractivity contribution < 1.29 is 0 Å². The number of para-hydroxylation sites is 1. The van der Waals surface area contributed by atoms with E-state index in [1.807, 2.05) is 12.1 Å². The van der Waals surface area contributed by atoms with Gasteiger partial charge in [-0.1, -0.05) is 38.4 Å². The maximum absolute atomic E-state index is 5.95. The Kier molecular flexibility index (Phi) is 3.50. The van der Waals surface area contributed by atoms with Crippen molar-refractivity contribution in [3.05, 3.63) is 23.2 Å². The second kappa shape index (κ2) is 4.31. The summed E-state index contributed by atoms with van der Waals surface area (Å²) in [6.07, 6.45) is 0. The van der Waals surface area contributed by atoms with Gasteiger partial charge in [-0.3, -0.25) is 0 Å². The molecule has 1 aromatic carbocycles. The molecule has 84 valence electrons. The van der Waals surface area contributed by atoms with E-state index in [-0.39, 0.29) is 5.41 Å². The average molecular weight is 227 g/mol. The number of hydrogen-bond acceptors (Lipinski definition) is 2. The van der Waals surface area contributed by atoms with Crippen LogP contribution in [0.4, 0.5) is 11.4 Å². The molecule has 0 saturated carbocycles. The predicted octanol–water partition coefficient (Wildman–Crippen LogP) is 3.77. The zero-order valence-corrected chi connectivity index (χ0v) is 10.5. The minimum absolute atomic E-state index is 0.189. The van der Waals surface area contributed by atoms with E-state index in [2.05, 4.69) is 33.0 Å². The van der Waals surface area contributed by atoms with Gasteiger partial charge in [0.15, 0.2) is 0 Å². The van der Waals surface area contributed by atoms with Crippen molar-refractivity contribution in [1.29, 1.82) is 0 Å². The third-order valence-corrected chi connectivity index (χ3v) is 3.05. The van der Waals surface area contributed by atoms with Gasteiger partial charge in [-0.2, -0.15) is 0 Å². The van der Waals surface area contributed by atoms with Crippen LogP contribution in [0, 0.1) is 5.41 Å². The number of benzene rings is 1. The van der Waals surface area contributed by atoms with Crippen LogP contribution < -0.4 is 11.1 Å². The summed E-state index contributed by atoms with van der Waals surface area (Å²) in [6.45, 7) is 8.70. The molecule has 3 heteroatoms. The SMILES string of the molecule is CC(Nc1cccc(Cl)c1N)C(C)(C)C. The van der Waals surface area contributed by atoms with E-state index in [4.69, 9.17) is 17.3 Å². The number of nitrogens with one attached hydrogen (secondary N) is 1. The summed E-state index contributed by atoms with van der Waals surface area (Å²) in [5.74, 6) is 0. The molecule has 0 heterocycles. The summed E-state index contributed by atoms with van der Waals surface area (Å²) < 4.78 is 0. The predicted molar refractivity (Wildman–Crippen MR) is 68.4 cm³/mol. The van der Waals surface area contributed by atoms with E-state index in [9.17, 15) is 0 Å². The Bertz CT molecular complexity index is 342. The maximum atomic E-state index is 5.95. The van der Waals surface area contributed by atoms with Gasteiger partial charge >= 0.3 is 0 Å². The number of anilines is 2. The summed E-state index contributed by atoms with van der Waals surface area (Å²) in [5, 5.41) is 3.98. The molecule has 0 saturated heterocycles. The molecule has 0 aliphatic carbocycles. The summed E-state index contributed by atoms with van der Waals surface area (Å²) >= 11 is 5.95. The van der Waals surface area contributed by atoms with Gasteiger partial charge < -0.3 is 11.1 Å². The minimum atomic E-state index is 0.189. The van der Waals surface area contributed by atoms with Crippen LogP contribution in [0.3, 0.4) is 0 Å². The lowest BCUT2D eigenvalue weighted by atomic mass is 9.88. The van der Waals surface area contributed by atoms with Crippen molar-refractivity contribution in [2.24, 2.45) is 5.41 Å². The van der Waals surface area contributed by atoms with Gasteiger partial charge in [0.05, 0.1) is 16.4 Å². The van der Waals surface area contributed by atoms with E-state index >= 15 is 0 Å². The van der Waals surface area contributed by atoms with Crippen LogP contribution in [0.25, 0.3) is 0 Å². The molecule has 0 bridgehead atoms. The first-order valence-corrected chi connectivity index (χ1v) is 5.50. The normalized spacial score (nSPS) is 13.7. The van der Waals surface area contributed by atoms with Gasteiger partial charge in [-0.05, 0) is 24.5 Å². The fourth-order valence-corrected chi connectivity index (χ4v) is 1.29. The quantitative estimate of drug-likeness (QED) is 0.754. The molecule has 0 aliphatic rings. The fraction of sp³-hybridized carbons (Fsp3) is 0.500. The zero-order chi connectivity index (χ0) is 11.6. The molecular formula is C12H19ClN2. The van der Waals surface area contributed by atoms with Crippen LogP contribution in [-0.4, -0.2) is 6.04 Å². The smallest absolute Gasteiger partial charge is 0.0739 e. The molecule has 0 amide bonds. The Morgan fingerprint density at radius 1 is 1.33 bits per heavy atom. The van der Waals surface area contributed by atoms with Gasteiger partial charge in [-0.25, -0.2) is 0 Å². The van der Waals surface area contributed by atoms with Crippen LogP contribution in [-0.2, 0) is 0 Å². The van der Waals surface area contributed by atoms with Gasteiger partial charge in [0, 0.05) is 6.04 Å². The Labute approximate surface area is 96.8 Å². The Hall–Kier alpha value is -0.890. The van der Waals surface area contributed by atoms with E-state index in [1.165, 1.54) is 0 Å². The van der Waals surface area contributed by atoms with Gasteiger partial charge in [-0.15, -0.1) is 0 Å². The van der Waals surface area contributed by atoms with E-state index in [1.54, 1.807) is 6.07 Å². The molecule has 15 heavy (non-hydrogen) atoms. The summed E-state index contributed by atoms with van der Waals surface area (Å²) in [4.78, 5) is 0. The number of nitrogens with two attached hydrogens (primary N) is 1. The van der Waals surface area contributed by atoms with Crippen molar-refractivity contribution in [2.75, 3.05) is 11.1 Å². The van der Waals surface area contributed by atoms with Crippen LogP contribution in [0.2, 0.25) is 5.02 Å². The highest BCUT2D eigenvalue weighted by molar-refractivity contribution is 6.33. The first-order valence-electron chi connectivity index (χ1n) is 5.13. The molecule has 0 spiro atoms. The molecule has 0 fully saturated rings. The van der Waals surface area contributed by atoms with Gasteiger partial charge in [0.2, 0.25) is 0 Å². The average Bonchev–Trinajstić information content (AvgIpc) is 2.11. The number of nitrogen functional groups attached to an aromatic ring is 1. The van der Waals surface area contributed by atoms with Crippen LogP contribution in [0.1, 0.15) is 27.7 Å². The highest BCUT2D eigenvalue weighted by Gasteiger charge is 2.20. The van der Waals surface area contributed by atoms with Crippen molar-refractivity contribution in [2.45, 2.75) is 33.7 Å². The van der Waals surface area contributed by atoms with Crippen LogP contribution >= 0.6 is 11.6 Å². The van der Waals surface area contributed by atoms with Crippen LogP contribution in [0.15, 0.2) is 18.2 Å². The zero-order valence-electron chi connectivity index (χ0n) is 9.76. The lowest BCUT2D eigenvalue weighted by Gasteiger charge is -2.29. The van der Waals surface area contributed by atoms with E-state index < -0.39 is 0 Å². The third-order valence-electron chi connectivity index (χ3n) is 2.72. The molecular weight excluding hydrogens is 208 g/mol. The topological polar surface area (TPSA) is 38.0 Å². The van der Waals surface area contributed by atoms with Crippen molar-refractivity contribution in [1.82, 2.24) is 0 Å². The van der Waals surface area contributed by atoms with Crippen LogP contribution in [0.5, 0.6) is 0 Å². The Morgan fingerprint density at radius 2 is 1.93 bits per heavy atom. The number of halogens is 1. The standard InChI is InChI=1S/C12H19ClN2/c1-8(12(2,3)4)15-10-7-5-6-9(13)11(10)14/h5-8,15H,14H2,1-4H3. The van der Waals surface area contributed by atoms with Gasteiger partial charge in [0.25, 0.3) is 0 Å². The van der Waals surface area contributed by atoms with Crippen molar-refractivity contribution in [3.8, 4) is 0 Å². The van der Waals surface area contributed by atoms with Crippen molar-refractivity contribution in [3.63, 3.8) is 0 Å². The lowest BCUT2D eigenvalue weighted by Crippen LogP contribution is -2.31. The first-order chi connectivity index (χ1) is 6.82. The molecule has 1 unspecified atom stereocenters. The molecule has 0 radical (unpaired) electrons. The number of rotatable bonds is 2. The number of hydrogen-bond donors (Lipinski definition) is 2. The van der Waals surface area contributed by atoms with E-state index in [0.717, 1.165) is 5.69 Å². The highest BCUT2D eigenvalue weighted by atomic mass is 35.5. The first kappa shape index (κ1) is 12.2. The lowest BCUT2D eigenvalue weighted by molar-refractivity contribution is 0.359. The molecule has 2 nitrogen and oxygen atoms in total. The molecule has 1 rings (SSSR count). The van der Waals surface area contributed by atoms with E-state index in [0.29, 0.717) is 16.8 Å². The third kappa shape index (κ3) is 3.03. The highest BCUT2D eigenvalue weighted by Crippen LogP contribution is 2.30. The van der Waals surface area contributed by atoms with Crippen molar-refractivity contribution >= 4 is 23.0 Å². The minimum Gasteiger partial charge on any atom is -0.396 e. The Morgan fingerprint density at radius 3 is 2.47 bits per heavy atom. The monoisotopic (exact) mass is 226 g/mol. The molecule has 3 N–H and O–H groups in total. The fourth-order valence-electron chi connectivity index (χ4n) is 1.11. The molecule has 1 aromatic rings. The molecule has 0 aliphatic heterocycles. The summed E-state index contributed by atoms with van der Waals surface area (Å²) in [6, 6.07) is 5.97. The molecule has 1 atom stereocenters. The Balaban J connectivity index is 2.86. The summed E-state index contributed by atoms with van der Waals surface area (Å²) in [5.41, 5.74) is 7.60. The molecule has 0 aromatic heterocycles. The second-order valence-electron chi connectivity index (χ2n) is 4.93. The summed E-state index contributed by atoms with van der Waals surface area (Å²) in [7, 11) is 0. The maximum Gasteiger partial charge on any atom is 0.0739 e. The second-order valence-corrected chi connectivity index (χ2v) is 5.34. The largest absolute Gasteiger partial charge is 0.396 e.